The maximum atomic E-state index is 12.8. The fourth-order valence-electron chi connectivity index (χ4n) is 3.62. The number of nitrogens with one attached hydrogen (secondary N) is 3. The Morgan fingerprint density at radius 2 is 1.74 bits per heavy atom. The van der Waals surface area contributed by atoms with Crippen LogP contribution in [0.5, 0.6) is 0 Å². The number of nitrogens with zero attached hydrogens (tertiary/aromatic N) is 5. The van der Waals surface area contributed by atoms with Crippen molar-refractivity contribution < 1.29 is 8.42 Å². The Bertz CT molecular complexity index is 1430. The fraction of sp³-hybridized carbons (Fsp3) is 0.182. The van der Waals surface area contributed by atoms with Gasteiger partial charge in [0.15, 0.2) is 0 Å². The standard InChI is InChI=1S/C22H21ClN8O2S/c23-17-11-16(21-20(12-17)28-30-29-21)2-1-15-13-25-22(26-14-15)27-18-3-5-19(6-4-18)34(32,33)31-9-7-24-8-10-31/h1-6,11-14,24H,7-10H2,(H,25,26,27)(H,28,29,30). The summed E-state index contributed by atoms with van der Waals surface area (Å²) in [4.78, 5) is 8.93. The van der Waals surface area contributed by atoms with Crippen LogP contribution in [0.4, 0.5) is 11.6 Å². The van der Waals surface area contributed by atoms with Crippen LogP contribution in [-0.4, -0.2) is 64.3 Å². The smallest absolute Gasteiger partial charge is 0.243 e. The number of aromatic nitrogens is 5. The average Bonchev–Trinajstić information content (AvgIpc) is 3.33. The SMILES string of the molecule is O=S(=O)(c1ccc(Nc2ncc(C=Cc3cc(Cl)cc4n[nH]nc34)cn2)cc1)N1CCNCC1. The first-order chi connectivity index (χ1) is 16.5. The van der Waals surface area contributed by atoms with Gasteiger partial charge in [-0.1, -0.05) is 23.8 Å². The average molecular weight is 497 g/mol. The monoisotopic (exact) mass is 496 g/mol. The van der Waals surface area contributed by atoms with E-state index in [2.05, 4.69) is 36.0 Å². The van der Waals surface area contributed by atoms with E-state index in [9.17, 15) is 8.42 Å². The first-order valence-electron chi connectivity index (χ1n) is 10.6. The molecule has 1 saturated heterocycles. The number of aromatic amines is 1. The zero-order chi connectivity index (χ0) is 23.5. The van der Waals surface area contributed by atoms with E-state index in [1.165, 1.54) is 4.31 Å². The third-order valence-electron chi connectivity index (χ3n) is 5.37. The number of rotatable bonds is 6. The van der Waals surface area contributed by atoms with E-state index in [4.69, 9.17) is 11.6 Å². The normalized spacial score (nSPS) is 15.2. The van der Waals surface area contributed by atoms with E-state index in [1.807, 2.05) is 18.2 Å². The molecule has 0 unspecified atom stereocenters. The molecule has 0 saturated carbocycles. The van der Waals surface area contributed by atoms with Crippen LogP contribution < -0.4 is 10.6 Å². The number of hydrogen-bond donors (Lipinski definition) is 3. The Hall–Kier alpha value is -3.38. The van der Waals surface area contributed by atoms with Crippen molar-refractivity contribution >= 4 is 56.4 Å². The lowest BCUT2D eigenvalue weighted by atomic mass is 10.1. The molecule has 10 nitrogen and oxygen atoms in total. The minimum Gasteiger partial charge on any atom is -0.324 e. The second kappa shape index (κ2) is 9.47. The van der Waals surface area contributed by atoms with Crippen molar-refractivity contribution in [3.8, 4) is 0 Å². The van der Waals surface area contributed by atoms with Crippen molar-refractivity contribution in [2.24, 2.45) is 0 Å². The summed E-state index contributed by atoms with van der Waals surface area (Å²) in [6.07, 6.45) is 7.10. The Morgan fingerprint density at radius 1 is 1.00 bits per heavy atom. The highest BCUT2D eigenvalue weighted by atomic mass is 35.5. The van der Waals surface area contributed by atoms with Crippen molar-refractivity contribution in [2.75, 3.05) is 31.5 Å². The topological polar surface area (TPSA) is 129 Å². The van der Waals surface area contributed by atoms with Gasteiger partial charge >= 0.3 is 0 Å². The van der Waals surface area contributed by atoms with Crippen LogP contribution in [0.15, 0.2) is 53.7 Å². The second-order valence-corrected chi connectivity index (χ2v) is 10.0. The zero-order valence-corrected chi connectivity index (χ0v) is 19.5. The van der Waals surface area contributed by atoms with Gasteiger partial charge in [0.25, 0.3) is 0 Å². The summed E-state index contributed by atoms with van der Waals surface area (Å²) < 4.78 is 27.0. The van der Waals surface area contributed by atoms with Crippen molar-refractivity contribution in [2.45, 2.75) is 4.90 Å². The maximum absolute atomic E-state index is 12.8. The van der Waals surface area contributed by atoms with Gasteiger partial charge in [0.2, 0.25) is 16.0 Å². The van der Waals surface area contributed by atoms with Gasteiger partial charge in [0, 0.05) is 60.4 Å². The molecule has 0 aliphatic carbocycles. The van der Waals surface area contributed by atoms with E-state index in [0.717, 1.165) is 16.6 Å². The van der Waals surface area contributed by atoms with Gasteiger partial charge < -0.3 is 10.6 Å². The van der Waals surface area contributed by atoms with E-state index in [1.54, 1.807) is 42.7 Å². The number of halogens is 1. The van der Waals surface area contributed by atoms with Gasteiger partial charge in [-0.15, -0.1) is 0 Å². The highest BCUT2D eigenvalue weighted by molar-refractivity contribution is 7.89. The van der Waals surface area contributed by atoms with Gasteiger partial charge in [-0.3, -0.25) is 0 Å². The van der Waals surface area contributed by atoms with Gasteiger partial charge in [0.1, 0.15) is 11.0 Å². The summed E-state index contributed by atoms with van der Waals surface area (Å²) in [7, 11) is -3.49. The number of benzene rings is 2. The summed E-state index contributed by atoms with van der Waals surface area (Å²) in [5.41, 5.74) is 3.72. The molecule has 1 aliphatic heterocycles. The second-order valence-electron chi connectivity index (χ2n) is 7.66. The largest absolute Gasteiger partial charge is 0.324 e. The number of H-pyrrole nitrogens is 1. The molecule has 0 bridgehead atoms. The summed E-state index contributed by atoms with van der Waals surface area (Å²) in [5, 5.41) is 17.6. The number of hydrogen-bond acceptors (Lipinski definition) is 8. The van der Waals surface area contributed by atoms with Crippen molar-refractivity contribution in [1.82, 2.24) is 35.0 Å². The number of anilines is 2. The number of sulfonamides is 1. The molecule has 5 rings (SSSR count). The molecule has 1 fully saturated rings. The molecule has 3 heterocycles. The molecule has 12 heteroatoms. The van der Waals surface area contributed by atoms with Crippen molar-refractivity contribution in [3.63, 3.8) is 0 Å². The molecule has 3 N–H and O–H groups in total. The first-order valence-corrected chi connectivity index (χ1v) is 12.4. The maximum Gasteiger partial charge on any atom is 0.243 e. The van der Waals surface area contributed by atoms with E-state index < -0.39 is 10.0 Å². The molecular weight excluding hydrogens is 476 g/mol. The number of fused-ring (bicyclic) bond motifs is 1. The lowest BCUT2D eigenvalue weighted by Crippen LogP contribution is -2.46. The van der Waals surface area contributed by atoms with Crippen LogP contribution >= 0.6 is 11.6 Å². The molecule has 0 spiro atoms. The quantitative estimate of drug-likeness (QED) is 0.371. The summed E-state index contributed by atoms with van der Waals surface area (Å²) >= 11 is 6.15. The predicted molar refractivity (Wildman–Crippen MR) is 131 cm³/mol. The molecule has 0 amide bonds. The third kappa shape index (κ3) is 4.77. The van der Waals surface area contributed by atoms with Gasteiger partial charge in [-0.2, -0.15) is 19.7 Å². The summed E-state index contributed by atoms with van der Waals surface area (Å²) in [6, 6.07) is 10.1. The Balaban J connectivity index is 1.26. The first kappa shape index (κ1) is 22.4. The van der Waals surface area contributed by atoms with Crippen molar-refractivity contribution in [1.29, 1.82) is 0 Å². The Labute approximate surface area is 201 Å². The zero-order valence-electron chi connectivity index (χ0n) is 17.9. The Kier molecular flexibility index (Phi) is 6.24. The summed E-state index contributed by atoms with van der Waals surface area (Å²) in [5.74, 6) is 0.400. The highest BCUT2D eigenvalue weighted by Crippen LogP contribution is 2.23. The predicted octanol–water partition coefficient (Wildman–Crippen LogP) is 2.91. The van der Waals surface area contributed by atoms with E-state index in [0.29, 0.717) is 48.4 Å². The molecule has 0 radical (unpaired) electrons. The van der Waals surface area contributed by atoms with Crippen LogP contribution in [-0.2, 0) is 10.0 Å². The molecule has 34 heavy (non-hydrogen) atoms. The minimum atomic E-state index is -3.49. The minimum absolute atomic E-state index is 0.267. The lowest BCUT2D eigenvalue weighted by molar-refractivity contribution is 0.360. The third-order valence-corrected chi connectivity index (χ3v) is 7.50. The van der Waals surface area contributed by atoms with Crippen LogP contribution in [0.25, 0.3) is 23.2 Å². The lowest BCUT2D eigenvalue weighted by Gasteiger charge is -2.26. The van der Waals surface area contributed by atoms with Crippen LogP contribution in [0.1, 0.15) is 11.1 Å². The highest BCUT2D eigenvalue weighted by Gasteiger charge is 2.25. The summed E-state index contributed by atoms with van der Waals surface area (Å²) in [6.45, 7) is 2.26. The number of piperazine rings is 1. The molecule has 4 aromatic rings. The molecular formula is C22H21ClN8O2S. The van der Waals surface area contributed by atoms with Gasteiger partial charge in [-0.05, 0) is 36.4 Å². The van der Waals surface area contributed by atoms with Gasteiger partial charge in [0.05, 0.1) is 4.90 Å². The van der Waals surface area contributed by atoms with Crippen LogP contribution in [0.2, 0.25) is 5.02 Å². The van der Waals surface area contributed by atoms with Gasteiger partial charge in [-0.25, -0.2) is 18.4 Å². The van der Waals surface area contributed by atoms with Crippen LogP contribution in [0.3, 0.4) is 0 Å². The van der Waals surface area contributed by atoms with E-state index in [-0.39, 0.29) is 4.90 Å². The molecule has 1 aliphatic rings. The molecule has 0 atom stereocenters. The van der Waals surface area contributed by atoms with Crippen LogP contribution in [0, 0.1) is 0 Å². The fourth-order valence-corrected chi connectivity index (χ4v) is 5.28. The van der Waals surface area contributed by atoms with E-state index >= 15 is 0 Å². The molecule has 2 aromatic carbocycles. The molecule has 174 valence electrons. The molecule has 2 aromatic heterocycles. The van der Waals surface area contributed by atoms with Crippen molar-refractivity contribution in [3.05, 3.63) is 64.9 Å². The Morgan fingerprint density at radius 3 is 2.47 bits per heavy atom.